The molecule has 21 heavy (non-hydrogen) atoms. The second kappa shape index (κ2) is 6.24. The van der Waals surface area contributed by atoms with Crippen molar-refractivity contribution >= 4 is 17.3 Å². The molecule has 2 N–H and O–H groups in total. The van der Waals surface area contributed by atoms with Crippen molar-refractivity contribution in [2.24, 2.45) is 0 Å². The van der Waals surface area contributed by atoms with Crippen LogP contribution >= 0.6 is 12.2 Å². The van der Waals surface area contributed by atoms with Crippen LogP contribution in [0.5, 0.6) is 0 Å². The number of aromatic nitrogens is 2. The average Bonchev–Trinajstić information content (AvgIpc) is 3.13. The molecular weight excluding hydrogens is 284 g/mol. The van der Waals surface area contributed by atoms with Gasteiger partial charge in [0.1, 0.15) is 0 Å². The molecule has 3 heterocycles. The Labute approximate surface area is 129 Å². The third-order valence-corrected chi connectivity index (χ3v) is 4.03. The Morgan fingerprint density at radius 1 is 1.33 bits per heavy atom. The van der Waals surface area contributed by atoms with Crippen molar-refractivity contribution in [1.29, 1.82) is 0 Å². The third-order valence-electron chi connectivity index (χ3n) is 3.67. The summed E-state index contributed by atoms with van der Waals surface area (Å²) in [7, 11) is 1.70. The summed E-state index contributed by atoms with van der Waals surface area (Å²) in [5.41, 5.74) is 2.11. The third kappa shape index (κ3) is 2.77. The van der Waals surface area contributed by atoms with E-state index in [0.717, 1.165) is 23.0 Å². The lowest BCUT2D eigenvalue weighted by molar-refractivity contribution is 0.163. The first-order valence-electron chi connectivity index (χ1n) is 6.91. The van der Waals surface area contributed by atoms with Crippen molar-refractivity contribution < 1.29 is 4.74 Å². The summed E-state index contributed by atoms with van der Waals surface area (Å²) in [6.45, 7) is 1.38. The van der Waals surface area contributed by atoms with Gasteiger partial charge in [0, 0.05) is 31.7 Å². The normalized spacial score (nSPS) is 21.6. The van der Waals surface area contributed by atoms with Gasteiger partial charge in [0.2, 0.25) is 0 Å². The monoisotopic (exact) mass is 302 g/mol. The van der Waals surface area contributed by atoms with Gasteiger partial charge in [0.25, 0.3) is 0 Å². The highest BCUT2D eigenvalue weighted by molar-refractivity contribution is 7.80. The molecule has 3 rings (SSSR count). The van der Waals surface area contributed by atoms with E-state index in [1.807, 2.05) is 36.7 Å². The first kappa shape index (κ1) is 14.0. The molecule has 2 atom stereocenters. The number of ether oxygens (including phenoxy) is 1. The van der Waals surface area contributed by atoms with E-state index in [9.17, 15) is 0 Å². The molecule has 1 aliphatic heterocycles. The maximum atomic E-state index is 5.50. The average molecular weight is 302 g/mol. The maximum Gasteiger partial charge on any atom is 0.170 e. The molecule has 2 aromatic heterocycles. The van der Waals surface area contributed by atoms with Gasteiger partial charge in [-0.15, -0.1) is 0 Å². The van der Waals surface area contributed by atoms with Gasteiger partial charge in [0.15, 0.2) is 5.11 Å². The fourth-order valence-corrected chi connectivity index (χ4v) is 3.03. The van der Waals surface area contributed by atoms with Gasteiger partial charge in [-0.2, -0.15) is 0 Å². The van der Waals surface area contributed by atoms with Crippen molar-refractivity contribution in [3.8, 4) is 0 Å². The van der Waals surface area contributed by atoms with Crippen molar-refractivity contribution in [3.63, 3.8) is 0 Å². The molecule has 1 fully saturated rings. The van der Waals surface area contributed by atoms with Gasteiger partial charge in [-0.1, -0.05) is 6.07 Å². The van der Waals surface area contributed by atoms with Crippen LogP contribution in [-0.4, -0.2) is 40.2 Å². The zero-order chi connectivity index (χ0) is 14.7. The number of rotatable bonds is 5. The van der Waals surface area contributed by atoms with Crippen molar-refractivity contribution in [1.82, 2.24) is 20.2 Å². The predicted octanol–water partition coefficient (Wildman–Crippen LogP) is 2.03. The molecule has 1 aliphatic rings. The van der Waals surface area contributed by atoms with Gasteiger partial charge in [0.05, 0.1) is 24.4 Å². The number of hydrogen-bond acceptors (Lipinski definition) is 3. The quantitative estimate of drug-likeness (QED) is 0.828. The zero-order valence-electron chi connectivity index (χ0n) is 11.8. The fraction of sp³-hybridized carbons (Fsp3) is 0.333. The van der Waals surface area contributed by atoms with E-state index in [1.165, 1.54) is 0 Å². The van der Waals surface area contributed by atoms with Crippen LogP contribution in [0.15, 0.2) is 42.7 Å². The Bertz CT molecular complexity index is 587. The molecule has 5 nitrogen and oxygen atoms in total. The van der Waals surface area contributed by atoms with Crippen LogP contribution in [0.25, 0.3) is 0 Å². The summed E-state index contributed by atoms with van der Waals surface area (Å²) in [4.78, 5) is 9.93. The molecule has 0 saturated carbocycles. The molecule has 0 aliphatic carbocycles. The Kier molecular flexibility index (Phi) is 4.17. The molecule has 0 aromatic carbocycles. The highest BCUT2D eigenvalue weighted by Crippen LogP contribution is 2.37. The van der Waals surface area contributed by atoms with E-state index in [-0.39, 0.29) is 12.1 Å². The van der Waals surface area contributed by atoms with Crippen LogP contribution in [0.1, 0.15) is 23.5 Å². The maximum absolute atomic E-state index is 5.50. The first-order valence-corrected chi connectivity index (χ1v) is 7.32. The highest BCUT2D eigenvalue weighted by atomic mass is 32.1. The SMILES string of the molecule is COCCN1C(=S)N[C@@H](c2ccccn2)[C@@H]1c1ccc[nH]1. The van der Waals surface area contributed by atoms with Crippen LogP contribution in [-0.2, 0) is 4.74 Å². The zero-order valence-corrected chi connectivity index (χ0v) is 12.6. The summed E-state index contributed by atoms with van der Waals surface area (Å²) in [5.74, 6) is 0. The number of methoxy groups -OCH3 is 1. The van der Waals surface area contributed by atoms with Crippen LogP contribution in [0, 0.1) is 0 Å². The van der Waals surface area contributed by atoms with Gasteiger partial charge in [-0.3, -0.25) is 4.98 Å². The molecule has 2 aromatic rings. The Morgan fingerprint density at radius 3 is 2.90 bits per heavy atom. The lowest BCUT2D eigenvalue weighted by Crippen LogP contribution is -2.32. The number of hydrogen-bond donors (Lipinski definition) is 2. The van der Waals surface area contributed by atoms with Crippen LogP contribution in [0.4, 0.5) is 0 Å². The second-order valence-corrected chi connectivity index (χ2v) is 5.32. The summed E-state index contributed by atoms with van der Waals surface area (Å²) < 4.78 is 5.20. The van der Waals surface area contributed by atoms with Crippen LogP contribution in [0.2, 0.25) is 0 Å². The first-order chi connectivity index (χ1) is 10.3. The largest absolute Gasteiger partial charge is 0.383 e. The molecule has 1 saturated heterocycles. The molecule has 110 valence electrons. The molecule has 6 heteroatoms. The number of H-pyrrole nitrogens is 1. The Hall–Kier alpha value is -1.92. The van der Waals surface area contributed by atoms with E-state index in [1.54, 1.807) is 7.11 Å². The number of pyridine rings is 1. The van der Waals surface area contributed by atoms with E-state index in [4.69, 9.17) is 17.0 Å². The summed E-state index contributed by atoms with van der Waals surface area (Å²) in [6, 6.07) is 10.2. The van der Waals surface area contributed by atoms with E-state index < -0.39 is 0 Å². The van der Waals surface area contributed by atoms with Crippen molar-refractivity contribution in [3.05, 3.63) is 54.1 Å². The van der Waals surface area contributed by atoms with E-state index in [0.29, 0.717) is 6.61 Å². The smallest absolute Gasteiger partial charge is 0.170 e. The van der Waals surface area contributed by atoms with Crippen molar-refractivity contribution in [2.45, 2.75) is 12.1 Å². The minimum Gasteiger partial charge on any atom is -0.383 e. The summed E-state index contributed by atoms with van der Waals surface area (Å²) in [5, 5.41) is 4.13. The standard InChI is InChI=1S/C15H18N4OS/c1-20-10-9-19-14(12-6-4-8-17-12)13(18-15(19)21)11-5-2-3-7-16-11/h2-8,13-14,17H,9-10H2,1H3,(H,18,21)/t13-,14-/m0/s1. The topological polar surface area (TPSA) is 53.2 Å². The molecule has 0 spiro atoms. The molecule has 0 unspecified atom stereocenters. The number of thiocarbonyl (C=S) groups is 1. The van der Waals surface area contributed by atoms with Crippen LogP contribution in [0.3, 0.4) is 0 Å². The lowest BCUT2D eigenvalue weighted by Gasteiger charge is -2.26. The van der Waals surface area contributed by atoms with Gasteiger partial charge in [-0.25, -0.2) is 0 Å². The number of nitrogens with one attached hydrogen (secondary N) is 2. The Balaban J connectivity index is 1.94. The number of aromatic amines is 1. The lowest BCUT2D eigenvalue weighted by atomic mass is 10.0. The van der Waals surface area contributed by atoms with E-state index >= 15 is 0 Å². The fourth-order valence-electron chi connectivity index (χ4n) is 2.70. The minimum absolute atomic E-state index is 0.0363. The van der Waals surface area contributed by atoms with Crippen LogP contribution < -0.4 is 5.32 Å². The van der Waals surface area contributed by atoms with Gasteiger partial charge < -0.3 is 19.9 Å². The van der Waals surface area contributed by atoms with E-state index in [2.05, 4.69) is 26.3 Å². The van der Waals surface area contributed by atoms with Gasteiger partial charge in [-0.05, 0) is 36.5 Å². The molecular formula is C15H18N4OS. The number of nitrogens with zero attached hydrogens (tertiary/aromatic N) is 2. The van der Waals surface area contributed by atoms with Gasteiger partial charge >= 0.3 is 0 Å². The second-order valence-electron chi connectivity index (χ2n) is 4.94. The highest BCUT2D eigenvalue weighted by Gasteiger charge is 2.39. The summed E-state index contributed by atoms with van der Waals surface area (Å²) in [6.07, 6.45) is 3.74. The molecule has 0 bridgehead atoms. The minimum atomic E-state index is 0.0363. The Morgan fingerprint density at radius 2 is 2.24 bits per heavy atom. The summed E-state index contributed by atoms with van der Waals surface area (Å²) >= 11 is 5.50. The molecule has 0 radical (unpaired) electrons. The van der Waals surface area contributed by atoms with Crippen molar-refractivity contribution in [2.75, 3.05) is 20.3 Å². The molecule has 0 amide bonds. The predicted molar refractivity (Wildman–Crippen MR) is 84.8 cm³/mol.